The molecule has 0 bridgehead atoms. The summed E-state index contributed by atoms with van der Waals surface area (Å²) >= 11 is 0. The monoisotopic (exact) mass is 321 g/mol. The van der Waals surface area contributed by atoms with Crippen molar-refractivity contribution in [2.24, 2.45) is 5.41 Å². The Morgan fingerprint density at radius 3 is 2.30 bits per heavy atom. The minimum Gasteiger partial charge on any atom is -0.465 e. The smallest absolute Gasteiger partial charge is 0.407 e. The van der Waals surface area contributed by atoms with Crippen LogP contribution in [0.2, 0.25) is 0 Å². The van der Waals surface area contributed by atoms with Crippen molar-refractivity contribution in [1.82, 2.24) is 14.7 Å². The summed E-state index contributed by atoms with van der Waals surface area (Å²) in [5, 5.41) is 8.96. The Morgan fingerprint density at radius 2 is 1.78 bits per heavy atom. The van der Waals surface area contributed by atoms with Gasteiger partial charge in [-0.15, -0.1) is 0 Å². The molecule has 23 heavy (non-hydrogen) atoms. The van der Waals surface area contributed by atoms with Crippen LogP contribution in [0.1, 0.15) is 45.4 Å². The van der Waals surface area contributed by atoms with Crippen molar-refractivity contribution in [3.8, 4) is 0 Å². The molecule has 4 aliphatic rings. The summed E-state index contributed by atoms with van der Waals surface area (Å²) in [6.45, 7) is 5.82. The minimum atomic E-state index is -0.774. The summed E-state index contributed by atoms with van der Waals surface area (Å²) < 4.78 is 0. The van der Waals surface area contributed by atoms with Crippen LogP contribution in [0.5, 0.6) is 0 Å². The predicted molar refractivity (Wildman–Crippen MR) is 85.2 cm³/mol. The van der Waals surface area contributed by atoms with Crippen molar-refractivity contribution in [2.75, 3.05) is 26.2 Å². The Morgan fingerprint density at radius 1 is 1.13 bits per heavy atom. The molecule has 0 radical (unpaired) electrons. The Balaban J connectivity index is 1.24. The molecule has 128 valence electrons. The van der Waals surface area contributed by atoms with Crippen LogP contribution in [-0.4, -0.2) is 76.1 Å². The highest BCUT2D eigenvalue weighted by Crippen LogP contribution is 2.50. The van der Waals surface area contributed by atoms with Gasteiger partial charge in [-0.05, 0) is 39.0 Å². The third kappa shape index (κ3) is 2.51. The van der Waals surface area contributed by atoms with Crippen molar-refractivity contribution in [1.29, 1.82) is 0 Å². The second kappa shape index (κ2) is 5.36. The molecule has 1 atom stereocenters. The number of hydrogen-bond donors (Lipinski definition) is 1. The van der Waals surface area contributed by atoms with Gasteiger partial charge in [0.05, 0.1) is 0 Å². The molecule has 1 aliphatic carbocycles. The van der Waals surface area contributed by atoms with Gasteiger partial charge < -0.3 is 19.8 Å². The molecule has 2 amide bonds. The van der Waals surface area contributed by atoms with Gasteiger partial charge in [-0.2, -0.15) is 0 Å². The molecule has 1 saturated carbocycles. The highest BCUT2D eigenvalue weighted by Gasteiger charge is 2.55. The molecule has 3 heterocycles. The van der Waals surface area contributed by atoms with E-state index >= 15 is 0 Å². The number of piperidine rings is 1. The van der Waals surface area contributed by atoms with Gasteiger partial charge in [-0.25, -0.2) is 4.79 Å². The van der Waals surface area contributed by atoms with E-state index in [2.05, 4.69) is 16.7 Å². The van der Waals surface area contributed by atoms with Gasteiger partial charge in [0.2, 0.25) is 5.91 Å². The lowest BCUT2D eigenvalue weighted by Crippen LogP contribution is -2.68. The quantitative estimate of drug-likeness (QED) is 0.839. The maximum atomic E-state index is 12.0. The second-order valence-corrected chi connectivity index (χ2v) is 8.16. The lowest BCUT2D eigenvalue weighted by Gasteiger charge is -2.61. The topological polar surface area (TPSA) is 64.1 Å². The van der Waals surface area contributed by atoms with E-state index in [1.54, 1.807) is 0 Å². The van der Waals surface area contributed by atoms with Crippen LogP contribution in [-0.2, 0) is 4.79 Å². The zero-order valence-corrected chi connectivity index (χ0v) is 13.9. The van der Waals surface area contributed by atoms with E-state index in [1.807, 2.05) is 0 Å². The van der Waals surface area contributed by atoms with Gasteiger partial charge in [0.25, 0.3) is 0 Å². The Kier molecular flexibility index (Phi) is 3.55. The van der Waals surface area contributed by atoms with Crippen molar-refractivity contribution >= 4 is 12.0 Å². The third-order valence-electron chi connectivity index (χ3n) is 6.61. The fourth-order valence-corrected chi connectivity index (χ4v) is 5.29. The fourth-order valence-electron chi connectivity index (χ4n) is 5.29. The SMILES string of the molecule is C[C@@H]1CCC(=O)N1C1CCN(C2CC3(C2)CN(C(=O)O)C3)CC1. The maximum absolute atomic E-state index is 12.0. The molecule has 1 spiro atoms. The van der Waals surface area contributed by atoms with E-state index in [4.69, 9.17) is 5.11 Å². The van der Waals surface area contributed by atoms with Crippen LogP contribution < -0.4 is 0 Å². The highest BCUT2D eigenvalue weighted by molar-refractivity contribution is 5.79. The third-order valence-corrected chi connectivity index (χ3v) is 6.61. The van der Waals surface area contributed by atoms with Crippen molar-refractivity contribution < 1.29 is 14.7 Å². The molecule has 0 aromatic heterocycles. The molecule has 3 saturated heterocycles. The lowest BCUT2D eigenvalue weighted by atomic mass is 9.60. The number of carbonyl (C=O) groups excluding carboxylic acids is 1. The number of hydrogen-bond acceptors (Lipinski definition) is 3. The molecular weight excluding hydrogens is 294 g/mol. The number of rotatable bonds is 2. The second-order valence-electron chi connectivity index (χ2n) is 8.16. The van der Waals surface area contributed by atoms with E-state index in [0.717, 1.165) is 64.7 Å². The Hall–Kier alpha value is -1.30. The van der Waals surface area contributed by atoms with Crippen LogP contribution in [0.4, 0.5) is 4.79 Å². The van der Waals surface area contributed by atoms with Crippen LogP contribution in [0.3, 0.4) is 0 Å². The molecule has 0 unspecified atom stereocenters. The largest absolute Gasteiger partial charge is 0.465 e. The molecule has 6 heteroatoms. The van der Waals surface area contributed by atoms with Crippen LogP contribution in [0.25, 0.3) is 0 Å². The van der Waals surface area contributed by atoms with Gasteiger partial charge in [-0.3, -0.25) is 4.79 Å². The molecule has 4 rings (SSSR count). The van der Waals surface area contributed by atoms with Crippen LogP contribution in [0, 0.1) is 5.41 Å². The van der Waals surface area contributed by atoms with Gasteiger partial charge in [-0.1, -0.05) is 0 Å². The van der Waals surface area contributed by atoms with E-state index in [-0.39, 0.29) is 0 Å². The first-order chi connectivity index (χ1) is 11.0. The molecule has 6 nitrogen and oxygen atoms in total. The Labute approximate surface area is 137 Å². The van der Waals surface area contributed by atoms with E-state index < -0.39 is 6.09 Å². The zero-order chi connectivity index (χ0) is 16.2. The molecule has 4 fully saturated rings. The first-order valence-corrected chi connectivity index (χ1v) is 9.00. The average Bonchev–Trinajstić information content (AvgIpc) is 2.76. The van der Waals surface area contributed by atoms with Gasteiger partial charge in [0.15, 0.2) is 0 Å². The standard InChI is InChI=1S/C17H27N3O3/c1-12-2-3-15(21)20(12)13-4-6-18(7-5-13)14-8-17(9-14)10-19(11-17)16(22)23/h12-14H,2-11H2,1H3,(H,22,23)/t12-/m1/s1. The lowest BCUT2D eigenvalue weighted by molar-refractivity contribution is -0.133. The molecule has 3 aliphatic heterocycles. The van der Waals surface area contributed by atoms with E-state index in [1.165, 1.54) is 4.90 Å². The molecule has 0 aromatic carbocycles. The van der Waals surface area contributed by atoms with Crippen LogP contribution >= 0.6 is 0 Å². The summed E-state index contributed by atoms with van der Waals surface area (Å²) in [6.07, 6.45) is 5.48. The zero-order valence-electron chi connectivity index (χ0n) is 13.9. The van der Waals surface area contributed by atoms with E-state index in [0.29, 0.717) is 29.4 Å². The van der Waals surface area contributed by atoms with Crippen LogP contribution in [0.15, 0.2) is 0 Å². The summed E-state index contributed by atoms with van der Waals surface area (Å²) in [4.78, 5) is 29.2. The number of nitrogens with zero attached hydrogens (tertiary/aromatic N) is 3. The fraction of sp³-hybridized carbons (Fsp3) is 0.882. The summed E-state index contributed by atoms with van der Waals surface area (Å²) in [5.41, 5.74) is 0.291. The van der Waals surface area contributed by atoms with Crippen molar-refractivity contribution in [3.05, 3.63) is 0 Å². The first kappa shape index (κ1) is 15.2. The average molecular weight is 321 g/mol. The number of amides is 2. The van der Waals surface area contributed by atoms with Crippen molar-refractivity contribution in [3.63, 3.8) is 0 Å². The normalized spacial score (nSPS) is 32.2. The number of carboxylic acid groups (broad SMARTS) is 1. The molecule has 0 aromatic rings. The summed E-state index contributed by atoms with van der Waals surface area (Å²) in [5.74, 6) is 0.349. The Bertz CT molecular complexity index is 501. The van der Waals surface area contributed by atoms with Gasteiger partial charge >= 0.3 is 6.09 Å². The number of likely N-dealkylation sites (tertiary alicyclic amines) is 3. The molecular formula is C17H27N3O3. The minimum absolute atomic E-state index is 0.291. The van der Waals surface area contributed by atoms with Gasteiger partial charge in [0.1, 0.15) is 0 Å². The predicted octanol–water partition coefficient (Wildman–Crippen LogP) is 1.60. The maximum Gasteiger partial charge on any atom is 0.407 e. The van der Waals surface area contributed by atoms with E-state index in [9.17, 15) is 9.59 Å². The molecule has 1 N–H and O–H groups in total. The van der Waals surface area contributed by atoms with Crippen molar-refractivity contribution in [2.45, 2.75) is 63.6 Å². The number of carbonyl (C=O) groups is 2. The highest BCUT2D eigenvalue weighted by atomic mass is 16.4. The summed E-state index contributed by atoms with van der Waals surface area (Å²) in [6, 6.07) is 1.50. The first-order valence-electron chi connectivity index (χ1n) is 9.00. The summed E-state index contributed by atoms with van der Waals surface area (Å²) in [7, 11) is 0. The van der Waals surface area contributed by atoms with Gasteiger partial charge in [0, 0.05) is 56.1 Å².